The van der Waals surface area contributed by atoms with Crippen LogP contribution in [0.5, 0.6) is 0 Å². The molecule has 1 unspecified atom stereocenters. The first-order valence-corrected chi connectivity index (χ1v) is 10.5. The van der Waals surface area contributed by atoms with Crippen LogP contribution in [0.3, 0.4) is 0 Å². The standard InChI is InChI=1S/C23H28F2N6.HI/c1-3-22-30-28-16-31(22)14-13-27-23(26-12-11-18-7-5-4-6-8-18)29-17(2)20-10-9-19(24)15-21(20)25;/h4-10,15-17H,3,11-14H2,1-2H3,(H2,26,27,29);1H. The first-order valence-electron chi connectivity index (χ1n) is 10.5. The van der Waals surface area contributed by atoms with Crippen molar-refractivity contribution in [1.29, 1.82) is 0 Å². The van der Waals surface area contributed by atoms with Crippen LogP contribution in [0.4, 0.5) is 8.78 Å². The number of aryl methyl sites for hydroxylation is 1. The fourth-order valence-corrected chi connectivity index (χ4v) is 3.26. The Labute approximate surface area is 204 Å². The zero-order valence-corrected chi connectivity index (χ0v) is 20.6. The Bertz CT molecular complexity index is 993. The van der Waals surface area contributed by atoms with Gasteiger partial charge in [0.2, 0.25) is 0 Å². The molecule has 1 aromatic heterocycles. The largest absolute Gasteiger partial charge is 0.355 e. The number of guanidine groups is 1. The number of halogens is 3. The maximum absolute atomic E-state index is 14.2. The molecule has 0 saturated carbocycles. The van der Waals surface area contributed by atoms with Crippen molar-refractivity contribution in [2.75, 3.05) is 13.1 Å². The molecular weight excluding hydrogens is 525 g/mol. The second kappa shape index (κ2) is 13.1. The van der Waals surface area contributed by atoms with Crippen LogP contribution >= 0.6 is 24.0 Å². The minimum Gasteiger partial charge on any atom is -0.355 e. The van der Waals surface area contributed by atoms with Crippen molar-refractivity contribution in [1.82, 2.24) is 25.4 Å². The Balaban J connectivity index is 0.00000363. The third kappa shape index (κ3) is 7.54. The van der Waals surface area contributed by atoms with Crippen LogP contribution in [-0.4, -0.2) is 33.8 Å². The third-order valence-corrected chi connectivity index (χ3v) is 4.95. The van der Waals surface area contributed by atoms with E-state index in [9.17, 15) is 8.78 Å². The van der Waals surface area contributed by atoms with E-state index in [1.54, 1.807) is 6.33 Å². The number of benzene rings is 2. The minimum absolute atomic E-state index is 0. The van der Waals surface area contributed by atoms with Crippen molar-refractivity contribution in [3.05, 3.63) is 83.4 Å². The molecule has 3 rings (SSSR count). The van der Waals surface area contributed by atoms with Crippen LogP contribution in [0.2, 0.25) is 0 Å². The number of hydrogen-bond acceptors (Lipinski definition) is 3. The molecule has 0 aliphatic carbocycles. The molecule has 0 aliphatic heterocycles. The van der Waals surface area contributed by atoms with Crippen molar-refractivity contribution in [2.24, 2.45) is 4.99 Å². The predicted octanol–water partition coefficient (Wildman–Crippen LogP) is 4.28. The highest BCUT2D eigenvalue weighted by atomic mass is 127. The van der Waals surface area contributed by atoms with Gasteiger partial charge < -0.3 is 15.2 Å². The van der Waals surface area contributed by atoms with Gasteiger partial charge >= 0.3 is 0 Å². The number of hydrogen-bond donors (Lipinski definition) is 2. The maximum Gasteiger partial charge on any atom is 0.191 e. The van der Waals surface area contributed by atoms with Gasteiger partial charge in [0.1, 0.15) is 23.8 Å². The molecule has 0 spiro atoms. The molecule has 0 saturated heterocycles. The van der Waals surface area contributed by atoms with Crippen molar-refractivity contribution >= 4 is 29.9 Å². The quantitative estimate of drug-likeness (QED) is 0.236. The molecule has 2 aromatic carbocycles. The summed E-state index contributed by atoms with van der Waals surface area (Å²) in [6, 6.07) is 13.3. The predicted molar refractivity (Wildman–Crippen MR) is 133 cm³/mol. The van der Waals surface area contributed by atoms with E-state index in [4.69, 9.17) is 0 Å². The normalized spacial score (nSPS) is 12.2. The first kappa shape index (κ1) is 25.7. The van der Waals surface area contributed by atoms with Gasteiger partial charge in [0.05, 0.1) is 6.04 Å². The molecule has 6 nitrogen and oxygen atoms in total. The van der Waals surface area contributed by atoms with Crippen LogP contribution in [0, 0.1) is 11.6 Å². The highest BCUT2D eigenvalue weighted by molar-refractivity contribution is 14.0. The molecular formula is C23H29F2IN6. The molecule has 0 aliphatic rings. The van der Waals surface area contributed by atoms with Crippen molar-refractivity contribution in [2.45, 2.75) is 39.3 Å². The van der Waals surface area contributed by atoms with Gasteiger partial charge in [-0.15, -0.1) is 34.2 Å². The van der Waals surface area contributed by atoms with Gasteiger partial charge in [0.15, 0.2) is 5.96 Å². The van der Waals surface area contributed by atoms with E-state index >= 15 is 0 Å². The van der Waals surface area contributed by atoms with Crippen LogP contribution in [0.25, 0.3) is 0 Å². The molecule has 0 amide bonds. The Kier molecular flexibility index (Phi) is 10.5. The molecule has 0 bridgehead atoms. The van der Waals surface area contributed by atoms with Gasteiger partial charge in [-0.2, -0.15) is 0 Å². The summed E-state index contributed by atoms with van der Waals surface area (Å²) < 4.78 is 29.4. The highest BCUT2D eigenvalue weighted by Crippen LogP contribution is 2.17. The Morgan fingerprint density at radius 3 is 2.66 bits per heavy atom. The van der Waals surface area contributed by atoms with Crippen molar-refractivity contribution in [3.63, 3.8) is 0 Å². The lowest BCUT2D eigenvalue weighted by Crippen LogP contribution is -2.40. The highest BCUT2D eigenvalue weighted by Gasteiger charge is 2.13. The van der Waals surface area contributed by atoms with E-state index in [1.807, 2.05) is 36.6 Å². The van der Waals surface area contributed by atoms with Crippen LogP contribution in [-0.2, 0) is 19.4 Å². The van der Waals surface area contributed by atoms with E-state index in [0.29, 0.717) is 31.2 Å². The summed E-state index contributed by atoms with van der Waals surface area (Å²) in [5.74, 6) is 0.307. The lowest BCUT2D eigenvalue weighted by molar-refractivity contribution is 0.549. The third-order valence-electron chi connectivity index (χ3n) is 4.95. The van der Waals surface area contributed by atoms with Crippen LogP contribution in [0.15, 0.2) is 59.9 Å². The Morgan fingerprint density at radius 1 is 1.16 bits per heavy atom. The van der Waals surface area contributed by atoms with Crippen LogP contribution < -0.4 is 10.6 Å². The smallest absolute Gasteiger partial charge is 0.191 e. The summed E-state index contributed by atoms with van der Waals surface area (Å²) in [4.78, 5) is 4.65. The lowest BCUT2D eigenvalue weighted by atomic mass is 10.1. The fraction of sp³-hybridized carbons (Fsp3) is 0.348. The van der Waals surface area contributed by atoms with E-state index in [1.165, 1.54) is 17.7 Å². The summed E-state index contributed by atoms with van der Waals surface area (Å²) in [6.07, 6.45) is 3.30. The fourth-order valence-electron chi connectivity index (χ4n) is 3.26. The van der Waals surface area contributed by atoms with Gasteiger partial charge in [-0.25, -0.2) is 8.78 Å². The lowest BCUT2D eigenvalue weighted by Gasteiger charge is -2.19. The first-order chi connectivity index (χ1) is 15.1. The summed E-state index contributed by atoms with van der Waals surface area (Å²) in [7, 11) is 0. The molecule has 0 radical (unpaired) electrons. The second-order valence-electron chi connectivity index (χ2n) is 7.22. The van der Waals surface area contributed by atoms with E-state index in [-0.39, 0.29) is 30.0 Å². The zero-order valence-electron chi connectivity index (χ0n) is 18.3. The minimum atomic E-state index is -0.594. The molecule has 172 valence electrons. The second-order valence-corrected chi connectivity index (χ2v) is 7.22. The van der Waals surface area contributed by atoms with Gasteiger partial charge in [-0.3, -0.25) is 4.99 Å². The van der Waals surface area contributed by atoms with Gasteiger partial charge in [0.25, 0.3) is 0 Å². The molecule has 0 fully saturated rings. The van der Waals surface area contributed by atoms with Gasteiger partial charge in [-0.1, -0.05) is 43.3 Å². The zero-order chi connectivity index (χ0) is 22.1. The topological polar surface area (TPSA) is 67.1 Å². The number of rotatable bonds is 9. The average molecular weight is 554 g/mol. The Hall–Kier alpha value is -2.56. The number of nitrogens with zero attached hydrogens (tertiary/aromatic N) is 4. The number of aromatic nitrogens is 3. The SMILES string of the molecule is CCc1nncn1CCNC(=NCCc1ccccc1)NC(C)c1ccc(F)cc1F.I. The number of aliphatic imine (C=N–C) groups is 1. The summed E-state index contributed by atoms with van der Waals surface area (Å²) in [6.45, 7) is 5.70. The number of nitrogens with one attached hydrogen (secondary N) is 2. The van der Waals surface area contributed by atoms with Crippen molar-refractivity contribution in [3.8, 4) is 0 Å². The van der Waals surface area contributed by atoms with E-state index in [2.05, 4.69) is 38.0 Å². The van der Waals surface area contributed by atoms with Gasteiger partial charge in [0, 0.05) is 37.7 Å². The molecule has 2 N–H and O–H groups in total. The molecule has 1 atom stereocenters. The van der Waals surface area contributed by atoms with E-state index < -0.39 is 11.6 Å². The average Bonchev–Trinajstić information content (AvgIpc) is 3.21. The van der Waals surface area contributed by atoms with Crippen molar-refractivity contribution < 1.29 is 8.78 Å². The maximum atomic E-state index is 14.2. The molecule has 3 aromatic rings. The summed E-state index contributed by atoms with van der Waals surface area (Å²) in [5.41, 5.74) is 1.58. The van der Waals surface area contributed by atoms with E-state index in [0.717, 1.165) is 24.7 Å². The molecule has 32 heavy (non-hydrogen) atoms. The Morgan fingerprint density at radius 2 is 1.94 bits per heavy atom. The van der Waals surface area contributed by atoms with Gasteiger partial charge in [-0.05, 0) is 25.0 Å². The van der Waals surface area contributed by atoms with Crippen LogP contribution in [0.1, 0.15) is 36.8 Å². The molecule has 9 heteroatoms. The summed E-state index contributed by atoms with van der Waals surface area (Å²) in [5, 5.41) is 14.6. The summed E-state index contributed by atoms with van der Waals surface area (Å²) >= 11 is 0. The molecule has 1 heterocycles. The monoisotopic (exact) mass is 554 g/mol.